The quantitative estimate of drug-likeness (QED) is 0.126. The second-order valence-electron chi connectivity index (χ2n) is 14.5. The molecule has 1 aromatic heterocycles. The summed E-state index contributed by atoms with van der Waals surface area (Å²) in [5.41, 5.74) is 9.81. The molecule has 0 radical (unpaired) electrons. The number of nitrogens with zero attached hydrogens (tertiary/aromatic N) is 1. The number of fused-ring (bicyclic) bond motifs is 7. The molecule has 0 amide bonds. The minimum absolute atomic E-state index is 0.862. The maximum Gasteiger partial charge on any atom is 0.137 e. The van der Waals surface area contributed by atoms with Gasteiger partial charge in [-0.3, -0.25) is 0 Å². The Morgan fingerprint density at radius 3 is 1.68 bits per heavy atom. The molecule has 0 unspecified atom stereocenters. The molecule has 0 aliphatic carbocycles. The summed E-state index contributed by atoms with van der Waals surface area (Å²) < 4.78 is 6.66. The van der Waals surface area contributed by atoms with Crippen molar-refractivity contribution in [3.8, 4) is 11.1 Å². The molecule has 0 aliphatic rings. The van der Waals surface area contributed by atoms with Crippen molar-refractivity contribution in [2.24, 2.45) is 0 Å². The lowest BCUT2D eigenvalue weighted by Gasteiger charge is -2.25. The molecule has 11 aromatic rings. The molecule has 0 atom stereocenters. The van der Waals surface area contributed by atoms with Crippen molar-refractivity contribution in [1.29, 1.82) is 0 Å². The van der Waals surface area contributed by atoms with Gasteiger partial charge < -0.3 is 9.32 Å². The van der Waals surface area contributed by atoms with Crippen LogP contribution in [0.15, 0.2) is 205 Å². The highest BCUT2D eigenvalue weighted by atomic mass is 16.3. The highest BCUT2D eigenvalue weighted by Gasteiger charge is 2.18. The van der Waals surface area contributed by atoms with E-state index in [2.05, 4.69) is 217 Å². The number of hydrogen-bond donors (Lipinski definition) is 0. The van der Waals surface area contributed by atoms with Crippen molar-refractivity contribution in [2.45, 2.75) is 0 Å². The van der Waals surface area contributed by atoms with E-state index in [-0.39, 0.29) is 0 Å². The highest BCUT2D eigenvalue weighted by Crippen LogP contribution is 2.43. The third-order valence-corrected chi connectivity index (χ3v) is 11.2. The summed E-state index contributed by atoms with van der Waals surface area (Å²) in [6.07, 6.45) is 4.50. The molecule has 262 valence electrons. The lowest BCUT2D eigenvalue weighted by Crippen LogP contribution is -2.09. The normalized spacial score (nSPS) is 11.9. The van der Waals surface area contributed by atoms with Crippen LogP contribution in [-0.2, 0) is 0 Å². The number of hydrogen-bond acceptors (Lipinski definition) is 2. The summed E-state index contributed by atoms with van der Waals surface area (Å²) in [5.74, 6) is 0. The monoisotopic (exact) mass is 713 g/mol. The first-order chi connectivity index (χ1) is 27.8. The van der Waals surface area contributed by atoms with Gasteiger partial charge in [0.25, 0.3) is 0 Å². The van der Waals surface area contributed by atoms with E-state index in [1.54, 1.807) is 0 Å². The largest absolute Gasteiger partial charge is 0.456 e. The predicted octanol–water partition coefficient (Wildman–Crippen LogP) is 15.5. The smallest absolute Gasteiger partial charge is 0.137 e. The van der Waals surface area contributed by atoms with Gasteiger partial charge in [0.2, 0.25) is 0 Å². The predicted molar refractivity (Wildman–Crippen MR) is 239 cm³/mol. The Hall–Kier alpha value is -7.42. The van der Waals surface area contributed by atoms with Crippen molar-refractivity contribution in [2.75, 3.05) is 4.90 Å². The van der Waals surface area contributed by atoms with Gasteiger partial charge >= 0.3 is 0 Å². The average Bonchev–Trinajstić information content (AvgIpc) is 3.62. The lowest BCUT2D eigenvalue weighted by molar-refractivity contribution is 0.669. The zero-order valence-electron chi connectivity index (χ0n) is 30.6. The van der Waals surface area contributed by atoms with Crippen molar-refractivity contribution < 1.29 is 4.42 Å². The molecule has 0 N–H and O–H groups in total. The first-order valence-corrected chi connectivity index (χ1v) is 19.2. The molecule has 0 saturated carbocycles. The van der Waals surface area contributed by atoms with Crippen LogP contribution in [0.1, 0.15) is 11.1 Å². The average molecular weight is 714 g/mol. The molecular formula is C54H35NO. The number of benzene rings is 10. The van der Waals surface area contributed by atoms with Crippen molar-refractivity contribution in [3.63, 3.8) is 0 Å². The number of anilines is 3. The van der Waals surface area contributed by atoms with Gasteiger partial charge in [-0.05, 0) is 114 Å². The minimum atomic E-state index is 0.862. The number of para-hydroxylation sites is 1. The van der Waals surface area contributed by atoms with Crippen LogP contribution < -0.4 is 4.90 Å². The van der Waals surface area contributed by atoms with Crippen molar-refractivity contribution in [1.82, 2.24) is 0 Å². The fourth-order valence-electron chi connectivity index (χ4n) is 8.62. The van der Waals surface area contributed by atoms with E-state index < -0.39 is 0 Å². The Balaban J connectivity index is 1.01. The van der Waals surface area contributed by atoms with E-state index in [9.17, 15) is 0 Å². The Bertz CT molecular complexity index is 3250. The maximum atomic E-state index is 6.66. The van der Waals surface area contributed by atoms with Crippen molar-refractivity contribution in [3.05, 3.63) is 211 Å². The van der Waals surface area contributed by atoms with E-state index in [1.165, 1.54) is 59.8 Å². The Labute approximate surface area is 324 Å². The molecule has 56 heavy (non-hydrogen) atoms. The van der Waals surface area contributed by atoms with Crippen molar-refractivity contribution >= 4 is 94.2 Å². The molecule has 11 rings (SSSR count). The summed E-state index contributed by atoms with van der Waals surface area (Å²) in [6, 6.07) is 71.8. The van der Waals surface area contributed by atoms with E-state index in [0.29, 0.717) is 0 Å². The van der Waals surface area contributed by atoms with E-state index in [1.807, 2.05) is 0 Å². The molecule has 10 aromatic carbocycles. The molecule has 0 spiro atoms. The summed E-state index contributed by atoms with van der Waals surface area (Å²) >= 11 is 0. The molecule has 2 heteroatoms. The van der Waals surface area contributed by atoms with E-state index in [0.717, 1.165) is 44.6 Å². The topological polar surface area (TPSA) is 16.4 Å². The van der Waals surface area contributed by atoms with Crippen LogP contribution in [0, 0.1) is 0 Å². The highest BCUT2D eigenvalue weighted by molar-refractivity contribution is 6.21. The Morgan fingerprint density at radius 1 is 0.339 bits per heavy atom. The molecule has 0 saturated heterocycles. The van der Waals surface area contributed by atoms with Crippen LogP contribution in [-0.4, -0.2) is 0 Å². The molecule has 0 fully saturated rings. The summed E-state index contributed by atoms with van der Waals surface area (Å²) in [4.78, 5) is 2.30. The lowest BCUT2D eigenvalue weighted by atomic mass is 9.86. The van der Waals surface area contributed by atoms with Gasteiger partial charge in [0.05, 0.1) is 0 Å². The van der Waals surface area contributed by atoms with Gasteiger partial charge in [-0.15, -0.1) is 0 Å². The molecule has 0 aliphatic heterocycles. The van der Waals surface area contributed by atoms with Crippen LogP contribution >= 0.6 is 0 Å². The van der Waals surface area contributed by atoms with E-state index in [4.69, 9.17) is 4.42 Å². The van der Waals surface area contributed by atoms with Gasteiger partial charge in [0.15, 0.2) is 0 Å². The van der Waals surface area contributed by atoms with Gasteiger partial charge in [-0.2, -0.15) is 0 Å². The van der Waals surface area contributed by atoms with E-state index >= 15 is 0 Å². The maximum absolute atomic E-state index is 6.66. The van der Waals surface area contributed by atoms with Gasteiger partial charge in [-0.1, -0.05) is 158 Å². The number of rotatable bonds is 6. The first-order valence-electron chi connectivity index (χ1n) is 19.2. The summed E-state index contributed by atoms with van der Waals surface area (Å²) in [6.45, 7) is 0. The molecular weight excluding hydrogens is 679 g/mol. The number of furan rings is 1. The van der Waals surface area contributed by atoms with Gasteiger partial charge in [0.1, 0.15) is 11.2 Å². The third-order valence-electron chi connectivity index (χ3n) is 11.2. The first kappa shape index (κ1) is 32.0. The Morgan fingerprint density at radius 2 is 0.911 bits per heavy atom. The fourth-order valence-corrected chi connectivity index (χ4v) is 8.62. The molecule has 0 bridgehead atoms. The second kappa shape index (κ2) is 13.2. The zero-order valence-corrected chi connectivity index (χ0v) is 30.6. The van der Waals surface area contributed by atoms with Crippen LogP contribution in [0.3, 0.4) is 0 Å². The Kier molecular flexibility index (Phi) is 7.53. The van der Waals surface area contributed by atoms with Crippen LogP contribution in [0.25, 0.3) is 88.3 Å². The summed E-state index contributed by atoms with van der Waals surface area (Å²) in [7, 11) is 0. The van der Waals surface area contributed by atoms with Crippen LogP contribution in [0.4, 0.5) is 17.1 Å². The minimum Gasteiger partial charge on any atom is -0.456 e. The zero-order chi connectivity index (χ0) is 37.0. The standard InChI is InChI=1S/C54H35NO/c1-2-17-40(18-3-1)55(41-28-27-37-13-4-5-15-39(37)34-41)42-29-32-48-47-31-26-36(33-52(47)56-53(48)35-42)25-30-46-44-20-8-10-22-50(44)54(51-23-11-9-21-45(46)51)49-24-12-16-38-14-6-7-19-43(38)49/h1-35H/b30-25+. The second-order valence-corrected chi connectivity index (χ2v) is 14.5. The summed E-state index contributed by atoms with van der Waals surface area (Å²) in [5, 5.41) is 12.1. The van der Waals surface area contributed by atoms with Gasteiger partial charge in [0, 0.05) is 33.9 Å². The molecule has 2 nitrogen and oxygen atoms in total. The SMILES string of the molecule is C(=C\c1c2ccccc2c(-c2cccc3ccccc23)c2ccccc12)/c1ccc2c(c1)oc1cc(N(c3ccccc3)c3ccc4ccccc4c3)ccc12. The van der Waals surface area contributed by atoms with Crippen LogP contribution in [0.2, 0.25) is 0 Å². The molecule has 1 heterocycles. The van der Waals surface area contributed by atoms with Gasteiger partial charge in [-0.25, -0.2) is 0 Å². The fraction of sp³-hybridized carbons (Fsp3) is 0. The van der Waals surface area contributed by atoms with Crippen LogP contribution in [0.5, 0.6) is 0 Å². The third kappa shape index (κ3) is 5.34.